The SMILES string of the molecule is CC(c1ccc2ncccc2c1)n1nnc2ccc(-c3ccc(C(N)=O)c(Cl)c3)nc21.NC(=O)c1ccc(-c2ccc3ncn(Cc4ccc5ncccc5c4)c3n2)cc1Cl. The van der Waals surface area contributed by atoms with Crippen LogP contribution >= 0.6 is 23.2 Å². The van der Waals surface area contributed by atoms with Crippen molar-refractivity contribution in [1.29, 1.82) is 0 Å². The normalized spacial score (nSPS) is 11.8. The largest absolute Gasteiger partial charge is 0.366 e. The number of nitrogens with zero attached hydrogens (tertiary/aromatic N) is 9. The number of nitrogens with two attached hydrogens (primary N) is 2. The third-order valence-electron chi connectivity index (χ3n) is 10.3. The van der Waals surface area contributed by atoms with Crippen molar-refractivity contribution in [2.45, 2.75) is 19.5 Å². The van der Waals surface area contributed by atoms with Crippen molar-refractivity contribution in [2.75, 3.05) is 0 Å². The standard InChI is InChI=1S/C23H17ClN6O.C23H16ClN5O/c1-13(14-5-7-19-15(11-14)3-2-10-26-19)30-23-21(28-29-30)9-8-20(27-23)16-4-6-17(22(25)31)18(24)12-16;24-18-11-16(4-5-17(18)22(25)30)20-7-8-21-23(28-20)29(13-27-21)12-14-3-6-19-15(10-14)2-1-9-26-19/h2-13H,1H3,(H2,25,31);1-11,13H,12H2,(H2,25,30). The van der Waals surface area contributed by atoms with Gasteiger partial charge in [0.25, 0.3) is 0 Å². The molecule has 0 aliphatic carbocycles. The second-order valence-electron chi connectivity index (χ2n) is 14.3. The molecule has 0 spiro atoms. The fraction of sp³-hybridized carbons (Fsp3) is 0.0652. The summed E-state index contributed by atoms with van der Waals surface area (Å²) < 4.78 is 3.81. The van der Waals surface area contributed by atoms with Gasteiger partial charge in [0, 0.05) is 34.3 Å². The van der Waals surface area contributed by atoms with Gasteiger partial charge in [-0.2, -0.15) is 0 Å². The van der Waals surface area contributed by atoms with E-state index in [0.717, 1.165) is 60.9 Å². The molecule has 4 N–H and O–H groups in total. The molecule has 1 unspecified atom stereocenters. The highest BCUT2D eigenvalue weighted by molar-refractivity contribution is 6.34. The Labute approximate surface area is 357 Å². The maximum atomic E-state index is 11.4. The molecule has 10 rings (SSSR count). The summed E-state index contributed by atoms with van der Waals surface area (Å²) in [6.07, 6.45) is 5.36. The quantitative estimate of drug-likeness (QED) is 0.151. The minimum atomic E-state index is -0.568. The minimum Gasteiger partial charge on any atom is -0.366 e. The minimum absolute atomic E-state index is 0.0850. The molecule has 61 heavy (non-hydrogen) atoms. The number of pyridine rings is 4. The first-order valence-electron chi connectivity index (χ1n) is 19.0. The summed E-state index contributed by atoms with van der Waals surface area (Å²) in [6, 6.07) is 37.9. The summed E-state index contributed by atoms with van der Waals surface area (Å²) in [5, 5.41) is 11.4. The van der Waals surface area contributed by atoms with E-state index in [9.17, 15) is 9.59 Å². The maximum absolute atomic E-state index is 11.4. The van der Waals surface area contributed by atoms with Gasteiger partial charge >= 0.3 is 0 Å². The van der Waals surface area contributed by atoms with Crippen molar-refractivity contribution >= 4 is 79.1 Å². The van der Waals surface area contributed by atoms with E-state index in [4.69, 9.17) is 44.6 Å². The lowest BCUT2D eigenvalue weighted by Gasteiger charge is -2.13. The molecule has 13 nitrogen and oxygen atoms in total. The van der Waals surface area contributed by atoms with Crippen LogP contribution in [0.3, 0.4) is 0 Å². The van der Waals surface area contributed by atoms with Gasteiger partial charge in [-0.05, 0) is 103 Å². The third kappa shape index (κ3) is 7.82. The summed E-state index contributed by atoms with van der Waals surface area (Å²) in [6.45, 7) is 2.69. The molecule has 298 valence electrons. The van der Waals surface area contributed by atoms with Gasteiger partial charge in [0.1, 0.15) is 11.0 Å². The molecule has 6 aromatic heterocycles. The number of halogens is 2. The predicted octanol–water partition coefficient (Wildman–Crippen LogP) is 8.85. The number of carbonyl (C=O) groups excluding carboxylic acids is 2. The Morgan fingerprint density at radius 1 is 0.623 bits per heavy atom. The Kier molecular flexibility index (Phi) is 10.3. The zero-order valence-electron chi connectivity index (χ0n) is 32.3. The number of aromatic nitrogens is 9. The molecule has 1 atom stereocenters. The van der Waals surface area contributed by atoms with Crippen molar-refractivity contribution < 1.29 is 9.59 Å². The molecule has 0 aliphatic rings. The van der Waals surface area contributed by atoms with Gasteiger partial charge in [0.05, 0.1) is 62.5 Å². The molecule has 0 fully saturated rings. The maximum Gasteiger partial charge on any atom is 0.250 e. The molecule has 0 bridgehead atoms. The van der Waals surface area contributed by atoms with Crippen LogP contribution in [0.15, 0.2) is 140 Å². The summed E-state index contributed by atoms with van der Waals surface area (Å²) >= 11 is 12.4. The number of imidazole rings is 1. The van der Waals surface area contributed by atoms with Crippen LogP contribution in [0.1, 0.15) is 44.8 Å². The highest BCUT2D eigenvalue weighted by Crippen LogP contribution is 2.29. The summed E-state index contributed by atoms with van der Waals surface area (Å²) in [4.78, 5) is 45.6. The first-order chi connectivity index (χ1) is 29.6. The van der Waals surface area contributed by atoms with Gasteiger partial charge in [-0.25, -0.2) is 19.6 Å². The molecule has 0 aliphatic heterocycles. The Morgan fingerprint density at radius 2 is 1.20 bits per heavy atom. The summed E-state index contributed by atoms with van der Waals surface area (Å²) in [5.74, 6) is -1.12. The first kappa shape index (κ1) is 38.9. The molecule has 0 radical (unpaired) electrons. The smallest absolute Gasteiger partial charge is 0.250 e. The lowest BCUT2D eigenvalue weighted by atomic mass is 10.1. The van der Waals surface area contributed by atoms with Crippen molar-refractivity contribution in [3.8, 4) is 22.5 Å². The molecule has 10 aromatic rings. The van der Waals surface area contributed by atoms with Gasteiger partial charge in [0.15, 0.2) is 11.3 Å². The molecular formula is C46H33Cl2N11O2. The first-order valence-corrected chi connectivity index (χ1v) is 19.8. The summed E-state index contributed by atoms with van der Waals surface area (Å²) in [5.41, 5.74) is 21.3. The van der Waals surface area contributed by atoms with E-state index < -0.39 is 11.8 Å². The molecular weight excluding hydrogens is 809 g/mol. The lowest BCUT2D eigenvalue weighted by Crippen LogP contribution is -2.11. The van der Waals surface area contributed by atoms with E-state index in [-0.39, 0.29) is 22.2 Å². The van der Waals surface area contributed by atoms with Gasteiger partial charge < -0.3 is 16.0 Å². The molecule has 4 aromatic carbocycles. The Hall–Kier alpha value is -7.61. The van der Waals surface area contributed by atoms with Gasteiger partial charge in [-0.3, -0.25) is 19.6 Å². The van der Waals surface area contributed by atoms with E-state index in [0.29, 0.717) is 28.4 Å². The number of amides is 2. The Bertz CT molecular complexity index is 3330. The van der Waals surface area contributed by atoms with Gasteiger partial charge in [0.2, 0.25) is 11.8 Å². The lowest BCUT2D eigenvalue weighted by molar-refractivity contribution is 0.0992. The van der Waals surface area contributed by atoms with Crippen molar-refractivity contribution in [1.82, 2.24) is 44.5 Å². The van der Waals surface area contributed by atoms with E-state index in [1.807, 2.05) is 71.3 Å². The van der Waals surface area contributed by atoms with E-state index in [2.05, 4.69) is 50.4 Å². The molecule has 2 amide bonds. The van der Waals surface area contributed by atoms with Crippen molar-refractivity contribution in [3.63, 3.8) is 0 Å². The summed E-state index contributed by atoms with van der Waals surface area (Å²) in [7, 11) is 0. The Morgan fingerprint density at radius 3 is 1.82 bits per heavy atom. The highest BCUT2D eigenvalue weighted by Gasteiger charge is 2.17. The van der Waals surface area contributed by atoms with Crippen LogP contribution in [-0.4, -0.2) is 56.3 Å². The zero-order valence-corrected chi connectivity index (χ0v) is 33.8. The molecule has 0 saturated carbocycles. The topological polar surface area (TPSA) is 186 Å². The second kappa shape index (κ2) is 16.2. The van der Waals surface area contributed by atoms with E-state index in [1.54, 1.807) is 59.8 Å². The van der Waals surface area contributed by atoms with Crippen molar-refractivity contribution in [3.05, 3.63) is 172 Å². The number of carbonyl (C=O) groups is 2. The van der Waals surface area contributed by atoms with E-state index >= 15 is 0 Å². The van der Waals surface area contributed by atoms with Crippen LogP contribution in [0.5, 0.6) is 0 Å². The van der Waals surface area contributed by atoms with Crippen LogP contribution in [0.4, 0.5) is 0 Å². The van der Waals surface area contributed by atoms with Crippen molar-refractivity contribution in [2.24, 2.45) is 11.5 Å². The van der Waals surface area contributed by atoms with Gasteiger partial charge in [-0.15, -0.1) is 5.10 Å². The number of hydrogen-bond donors (Lipinski definition) is 2. The van der Waals surface area contributed by atoms with Gasteiger partial charge in [-0.1, -0.05) is 64.8 Å². The highest BCUT2D eigenvalue weighted by atomic mass is 35.5. The second-order valence-corrected chi connectivity index (χ2v) is 15.1. The average molecular weight is 843 g/mol. The fourth-order valence-corrected chi connectivity index (χ4v) is 7.68. The van der Waals surface area contributed by atoms with Crippen LogP contribution in [0.25, 0.3) is 66.6 Å². The third-order valence-corrected chi connectivity index (χ3v) is 11.0. The molecule has 6 heterocycles. The number of fused-ring (bicyclic) bond motifs is 4. The monoisotopic (exact) mass is 841 g/mol. The number of primary amides is 2. The Balaban J connectivity index is 0.000000156. The predicted molar refractivity (Wildman–Crippen MR) is 237 cm³/mol. The molecule has 0 saturated heterocycles. The van der Waals surface area contributed by atoms with Crippen LogP contribution in [0.2, 0.25) is 10.0 Å². The van der Waals surface area contributed by atoms with E-state index in [1.165, 1.54) is 0 Å². The number of rotatable bonds is 8. The average Bonchev–Trinajstić information content (AvgIpc) is 3.89. The number of hydrogen-bond acceptors (Lipinski definition) is 9. The zero-order chi connectivity index (χ0) is 42.2. The number of benzene rings is 4. The van der Waals surface area contributed by atoms with Crippen LogP contribution in [0, 0.1) is 0 Å². The van der Waals surface area contributed by atoms with Crippen LogP contribution in [-0.2, 0) is 6.54 Å². The fourth-order valence-electron chi connectivity index (χ4n) is 7.13. The molecule has 15 heteroatoms. The van der Waals surface area contributed by atoms with Crippen LogP contribution < -0.4 is 11.5 Å².